The van der Waals surface area contributed by atoms with Gasteiger partial charge in [0.25, 0.3) is 0 Å². The Morgan fingerprint density at radius 1 is 0.811 bits per heavy atom. The molecule has 1 aliphatic heterocycles. The Labute approximate surface area is 215 Å². The quantitative estimate of drug-likeness (QED) is 0.207. The standard InChI is InChI=1S/C29H27NO7/c1-4-33-23-15-13-21(18-26(23)35-6-3)27-30-22(29(32)37-27)16-19-12-14-24(25(17-19)34-5-2)36-28(31)20-10-8-7-9-11-20/h7-18H,4-6H2,1-3H3/b22-16-. The van der Waals surface area contributed by atoms with Crippen LogP contribution in [0.3, 0.4) is 0 Å². The summed E-state index contributed by atoms with van der Waals surface area (Å²) in [5, 5.41) is 0. The number of esters is 2. The molecule has 0 amide bonds. The van der Waals surface area contributed by atoms with E-state index < -0.39 is 11.9 Å². The van der Waals surface area contributed by atoms with Gasteiger partial charge in [0.2, 0.25) is 5.90 Å². The van der Waals surface area contributed by atoms with Gasteiger partial charge in [0.15, 0.2) is 28.7 Å². The molecule has 0 atom stereocenters. The minimum atomic E-state index is -0.584. The predicted octanol–water partition coefficient (Wildman–Crippen LogP) is 5.45. The van der Waals surface area contributed by atoms with E-state index in [1.165, 1.54) is 0 Å². The predicted molar refractivity (Wildman–Crippen MR) is 138 cm³/mol. The van der Waals surface area contributed by atoms with Crippen molar-refractivity contribution in [1.29, 1.82) is 0 Å². The summed E-state index contributed by atoms with van der Waals surface area (Å²) in [4.78, 5) is 29.4. The molecule has 4 rings (SSSR count). The van der Waals surface area contributed by atoms with Crippen molar-refractivity contribution in [2.24, 2.45) is 4.99 Å². The lowest BCUT2D eigenvalue weighted by Gasteiger charge is -2.11. The van der Waals surface area contributed by atoms with Crippen molar-refractivity contribution in [3.05, 3.63) is 89.1 Å². The fourth-order valence-corrected chi connectivity index (χ4v) is 3.57. The summed E-state index contributed by atoms with van der Waals surface area (Å²) < 4.78 is 27.9. The van der Waals surface area contributed by atoms with Crippen LogP contribution in [0, 0.1) is 0 Å². The molecule has 0 aromatic heterocycles. The molecule has 37 heavy (non-hydrogen) atoms. The van der Waals surface area contributed by atoms with Crippen LogP contribution < -0.4 is 18.9 Å². The van der Waals surface area contributed by atoms with Crippen molar-refractivity contribution in [2.75, 3.05) is 19.8 Å². The molecule has 3 aromatic rings. The minimum Gasteiger partial charge on any atom is -0.490 e. The number of ether oxygens (including phenoxy) is 5. The van der Waals surface area contributed by atoms with Crippen LogP contribution in [-0.2, 0) is 9.53 Å². The zero-order valence-electron chi connectivity index (χ0n) is 20.9. The van der Waals surface area contributed by atoms with Gasteiger partial charge in [-0.3, -0.25) is 0 Å². The van der Waals surface area contributed by atoms with Crippen LogP contribution in [0.15, 0.2) is 77.4 Å². The van der Waals surface area contributed by atoms with Gasteiger partial charge >= 0.3 is 11.9 Å². The zero-order chi connectivity index (χ0) is 26.2. The van der Waals surface area contributed by atoms with Gasteiger partial charge in [-0.05, 0) is 74.9 Å². The molecule has 0 bridgehead atoms. The van der Waals surface area contributed by atoms with Gasteiger partial charge < -0.3 is 23.7 Å². The molecule has 8 heteroatoms. The second-order valence-electron chi connectivity index (χ2n) is 7.76. The number of carbonyl (C=O) groups excluding carboxylic acids is 2. The summed E-state index contributed by atoms with van der Waals surface area (Å²) in [6.07, 6.45) is 1.58. The molecule has 8 nitrogen and oxygen atoms in total. The second-order valence-corrected chi connectivity index (χ2v) is 7.76. The maximum Gasteiger partial charge on any atom is 0.363 e. The molecular formula is C29H27NO7. The number of cyclic esters (lactones) is 1. The first-order chi connectivity index (χ1) is 18.0. The Morgan fingerprint density at radius 2 is 1.46 bits per heavy atom. The van der Waals surface area contributed by atoms with Crippen LogP contribution in [0.2, 0.25) is 0 Å². The number of hydrogen-bond donors (Lipinski definition) is 0. The van der Waals surface area contributed by atoms with Crippen LogP contribution in [0.4, 0.5) is 0 Å². The van der Waals surface area contributed by atoms with Gasteiger partial charge in [-0.15, -0.1) is 0 Å². The van der Waals surface area contributed by atoms with E-state index in [0.717, 1.165) is 0 Å². The summed E-state index contributed by atoms with van der Waals surface area (Å²) in [5.41, 5.74) is 1.76. The average molecular weight is 502 g/mol. The molecule has 0 fully saturated rings. The molecule has 1 heterocycles. The van der Waals surface area contributed by atoms with Gasteiger partial charge in [-0.25, -0.2) is 14.6 Å². The van der Waals surface area contributed by atoms with Crippen molar-refractivity contribution in [3.8, 4) is 23.0 Å². The topological polar surface area (TPSA) is 92.7 Å². The minimum absolute atomic E-state index is 0.123. The first-order valence-electron chi connectivity index (χ1n) is 12.0. The van der Waals surface area contributed by atoms with Crippen molar-refractivity contribution in [1.82, 2.24) is 0 Å². The smallest absolute Gasteiger partial charge is 0.363 e. The van der Waals surface area contributed by atoms with E-state index in [1.807, 2.05) is 26.8 Å². The monoisotopic (exact) mass is 501 g/mol. The van der Waals surface area contributed by atoms with E-state index in [0.29, 0.717) is 53.8 Å². The summed E-state index contributed by atoms with van der Waals surface area (Å²) in [6.45, 7) is 6.91. The first kappa shape index (κ1) is 25.5. The number of aliphatic imine (C=N–C) groups is 1. The Hall–Kier alpha value is -4.59. The lowest BCUT2D eigenvalue weighted by Crippen LogP contribution is -2.09. The highest BCUT2D eigenvalue weighted by atomic mass is 16.6. The van der Waals surface area contributed by atoms with E-state index in [2.05, 4.69) is 4.99 Å². The highest BCUT2D eigenvalue weighted by Crippen LogP contribution is 2.32. The van der Waals surface area contributed by atoms with Gasteiger partial charge in [-0.2, -0.15) is 0 Å². The third-order valence-electron chi connectivity index (χ3n) is 5.19. The third-order valence-corrected chi connectivity index (χ3v) is 5.19. The molecule has 0 unspecified atom stereocenters. The molecule has 0 aliphatic carbocycles. The Morgan fingerprint density at radius 3 is 2.16 bits per heavy atom. The average Bonchev–Trinajstić information content (AvgIpc) is 3.27. The lowest BCUT2D eigenvalue weighted by molar-refractivity contribution is -0.129. The zero-order valence-corrected chi connectivity index (χ0v) is 20.9. The lowest BCUT2D eigenvalue weighted by atomic mass is 10.1. The molecule has 0 spiro atoms. The van der Waals surface area contributed by atoms with E-state index in [1.54, 1.807) is 66.7 Å². The second kappa shape index (κ2) is 11.9. The van der Waals surface area contributed by atoms with Crippen LogP contribution >= 0.6 is 0 Å². The maximum atomic E-state index is 12.6. The largest absolute Gasteiger partial charge is 0.490 e. The molecule has 1 aliphatic rings. The number of rotatable bonds is 10. The first-order valence-corrected chi connectivity index (χ1v) is 12.0. The van der Waals surface area contributed by atoms with Crippen molar-refractivity contribution >= 4 is 23.9 Å². The Kier molecular flexibility index (Phi) is 8.20. The molecule has 0 radical (unpaired) electrons. The summed E-state index contributed by atoms with van der Waals surface area (Å²) in [6, 6.07) is 18.9. The molecule has 190 valence electrons. The number of benzene rings is 3. The van der Waals surface area contributed by atoms with Gasteiger partial charge in [0.05, 0.1) is 25.4 Å². The molecule has 3 aromatic carbocycles. The van der Waals surface area contributed by atoms with E-state index >= 15 is 0 Å². The maximum absolute atomic E-state index is 12.6. The fourth-order valence-electron chi connectivity index (χ4n) is 3.57. The molecular weight excluding hydrogens is 474 g/mol. The highest BCUT2D eigenvalue weighted by Gasteiger charge is 2.25. The summed E-state index contributed by atoms with van der Waals surface area (Å²) in [5.74, 6) is 0.866. The van der Waals surface area contributed by atoms with E-state index in [4.69, 9.17) is 23.7 Å². The van der Waals surface area contributed by atoms with E-state index in [-0.39, 0.29) is 17.3 Å². The van der Waals surface area contributed by atoms with Crippen LogP contribution in [0.1, 0.15) is 42.3 Å². The van der Waals surface area contributed by atoms with Gasteiger partial charge in [0, 0.05) is 5.56 Å². The summed E-state index contributed by atoms with van der Waals surface area (Å²) in [7, 11) is 0. The van der Waals surface area contributed by atoms with Crippen LogP contribution in [0.25, 0.3) is 6.08 Å². The van der Waals surface area contributed by atoms with Gasteiger partial charge in [-0.1, -0.05) is 24.3 Å². The van der Waals surface area contributed by atoms with Gasteiger partial charge in [0.1, 0.15) is 0 Å². The molecule has 0 saturated carbocycles. The van der Waals surface area contributed by atoms with Crippen LogP contribution in [0.5, 0.6) is 23.0 Å². The summed E-state index contributed by atoms with van der Waals surface area (Å²) >= 11 is 0. The van der Waals surface area contributed by atoms with E-state index in [9.17, 15) is 9.59 Å². The number of hydrogen-bond acceptors (Lipinski definition) is 8. The highest BCUT2D eigenvalue weighted by molar-refractivity contribution is 6.13. The van der Waals surface area contributed by atoms with Crippen molar-refractivity contribution in [3.63, 3.8) is 0 Å². The third kappa shape index (κ3) is 6.16. The SMILES string of the molecule is CCOc1ccc(C2=N/C(=C\c3ccc(OC(=O)c4ccccc4)c(OCC)c3)C(=O)O2)cc1OCC. The number of nitrogens with zero attached hydrogens (tertiary/aromatic N) is 1. The molecule has 0 N–H and O–H groups in total. The molecule has 0 saturated heterocycles. The Bertz CT molecular complexity index is 1350. The number of carbonyl (C=O) groups is 2. The van der Waals surface area contributed by atoms with Crippen molar-refractivity contribution in [2.45, 2.75) is 20.8 Å². The fraction of sp³-hybridized carbons (Fsp3) is 0.207. The van der Waals surface area contributed by atoms with Crippen molar-refractivity contribution < 1.29 is 33.3 Å². The van der Waals surface area contributed by atoms with Crippen LogP contribution in [-0.4, -0.2) is 37.7 Å². The Balaban J connectivity index is 1.59. The normalized spacial score (nSPS) is 13.6.